The van der Waals surface area contributed by atoms with E-state index in [0.29, 0.717) is 6.42 Å². The summed E-state index contributed by atoms with van der Waals surface area (Å²) in [6.07, 6.45) is -1.28. The minimum Gasteiger partial charge on any atom is -0.444 e. The third-order valence-electron chi connectivity index (χ3n) is 1.68. The van der Waals surface area contributed by atoms with Crippen molar-refractivity contribution in [3.8, 4) is 0 Å². The summed E-state index contributed by atoms with van der Waals surface area (Å²) in [5, 5.41) is 25.0. The molecule has 0 unspecified atom stereocenters. The summed E-state index contributed by atoms with van der Waals surface area (Å²) in [5.41, 5.74) is 0. The van der Waals surface area contributed by atoms with Crippen molar-refractivity contribution in [3.05, 3.63) is 0 Å². The van der Waals surface area contributed by atoms with Crippen molar-refractivity contribution < 1.29 is 20.1 Å². The first-order valence-electron chi connectivity index (χ1n) is 3.36. The molecule has 1 aliphatic rings. The lowest BCUT2D eigenvalue weighted by molar-refractivity contribution is -0.131. The van der Waals surface area contributed by atoms with Crippen LogP contribution in [0, 0.1) is 0 Å². The van der Waals surface area contributed by atoms with Gasteiger partial charge in [-0.2, -0.15) is 0 Å². The van der Waals surface area contributed by atoms with E-state index in [2.05, 4.69) is 0 Å². The quantitative estimate of drug-likeness (QED) is 0.433. The first-order valence-corrected chi connectivity index (χ1v) is 3.36. The Balaban J connectivity index is 2.33. The van der Waals surface area contributed by atoms with Crippen LogP contribution in [0.3, 0.4) is 0 Å². The SMILES string of the molecule is O[C@@H]1CO[C@H](C[OH2+])C[C@@H]1O. The van der Waals surface area contributed by atoms with E-state index in [9.17, 15) is 0 Å². The van der Waals surface area contributed by atoms with Gasteiger partial charge in [0, 0.05) is 6.42 Å². The number of ether oxygens (including phenoxy) is 1. The molecule has 1 fully saturated rings. The zero-order valence-electron chi connectivity index (χ0n) is 5.66. The number of rotatable bonds is 1. The predicted molar refractivity (Wildman–Crippen MR) is 34.9 cm³/mol. The van der Waals surface area contributed by atoms with E-state index in [1.165, 1.54) is 0 Å². The highest BCUT2D eigenvalue weighted by Gasteiger charge is 2.28. The molecule has 4 nitrogen and oxygen atoms in total. The Morgan fingerprint density at radius 1 is 1.40 bits per heavy atom. The molecule has 0 aromatic rings. The maximum absolute atomic E-state index is 9.07. The van der Waals surface area contributed by atoms with Gasteiger partial charge in [0.05, 0.1) is 12.7 Å². The Morgan fingerprint density at radius 3 is 2.60 bits per heavy atom. The van der Waals surface area contributed by atoms with E-state index in [1.54, 1.807) is 0 Å². The fourth-order valence-corrected chi connectivity index (χ4v) is 0.982. The molecule has 0 aromatic carbocycles. The van der Waals surface area contributed by atoms with Gasteiger partial charge in [0.15, 0.2) is 6.61 Å². The third-order valence-corrected chi connectivity index (χ3v) is 1.68. The van der Waals surface area contributed by atoms with Crippen molar-refractivity contribution in [2.24, 2.45) is 0 Å². The molecule has 10 heavy (non-hydrogen) atoms. The van der Waals surface area contributed by atoms with E-state index < -0.39 is 12.2 Å². The summed E-state index contributed by atoms with van der Waals surface area (Å²) in [7, 11) is 0. The Hall–Kier alpha value is -0.160. The standard InChI is InChI=1S/C6H12O4/c7-2-4-1-5(8)6(9)3-10-4/h4-9H,1-3H2/p+1/t4-,5-,6+/m0/s1. The van der Waals surface area contributed by atoms with E-state index in [0.717, 1.165) is 0 Å². The number of aliphatic hydroxyl groups is 2. The van der Waals surface area contributed by atoms with Crippen LogP contribution in [0.15, 0.2) is 0 Å². The van der Waals surface area contributed by atoms with E-state index in [4.69, 9.17) is 20.1 Å². The van der Waals surface area contributed by atoms with Crippen molar-refractivity contribution in [1.29, 1.82) is 0 Å². The number of hydrogen-bond acceptors (Lipinski definition) is 3. The normalized spacial score (nSPS) is 41.7. The van der Waals surface area contributed by atoms with Crippen LogP contribution in [-0.4, -0.2) is 46.8 Å². The molecule has 0 saturated carbocycles. The summed E-state index contributed by atoms with van der Waals surface area (Å²) in [4.78, 5) is 0. The number of hydrogen-bond donors (Lipinski definition) is 2. The molecule has 0 spiro atoms. The highest BCUT2D eigenvalue weighted by atomic mass is 16.5. The van der Waals surface area contributed by atoms with Gasteiger partial charge in [-0.15, -0.1) is 0 Å². The van der Waals surface area contributed by atoms with Crippen LogP contribution in [0.2, 0.25) is 0 Å². The average Bonchev–Trinajstić information content (AvgIpc) is 1.95. The van der Waals surface area contributed by atoms with Gasteiger partial charge >= 0.3 is 0 Å². The van der Waals surface area contributed by atoms with Crippen molar-refractivity contribution in [2.75, 3.05) is 13.2 Å². The number of aliphatic hydroxyl groups excluding tert-OH is 2. The minimum atomic E-state index is -0.761. The van der Waals surface area contributed by atoms with E-state index >= 15 is 0 Å². The fraction of sp³-hybridized carbons (Fsp3) is 1.00. The van der Waals surface area contributed by atoms with Gasteiger partial charge in [-0.3, -0.25) is 0 Å². The molecular formula is C6H13O4+. The average molecular weight is 149 g/mol. The smallest absolute Gasteiger partial charge is 0.170 e. The van der Waals surface area contributed by atoms with Crippen molar-refractivity contribution >= 4 is 0 Å². The zero-order valence-corrected chi connectivity index (χ0v) is 5.66. The third kappa shape index (κ3) is 1.67. The van der Waals surface area contributed by atoms with E-state index in [1.807, 2.05) is 0 Å². The van der Waals surface area contributed by atoms with Crippen LogP contribution >= 0.6 is 0 Å². The molecule has 60 valence electrons. The lowest BCUT2D eigenvalue weighted by Crippen LogP contribution is -2.42. The maximum atomic E-state index is 9.07. The summed E-state index contributed by atoms with van der Waals surface area (Å²) in [5.74, 6) is 0. The van der Waals surface area contributed by atoms with Gasteiger partial charge in [0.1, 0.15) is 12.2 Å². The Kier molecular flexibility index (Phi) is 2.62. The first-order chi connectivity index (χ1) is 4.74. The lowest BCUT2D eigenvalue weighted by atomic mass is 10.0. The molecular weight excluding hydrogens is 136 g/mol. The second-order valence-corrected chi connectivity index (χ2v) is 2.53. The highest BCUT2D eigenvalue weighted by Crippen LogP contribution is 2.13. The van der Waals surface area contributed by atoms with Gasteiger partial charge in [0.2, 0.25) is 0 Å². The van der Waals surface area contributed by atoms with Crippen LogP contribution in [0.25, 0.3) is 0 Å². The fourth-order valence-electron chi connectivity index (χ4n) is 0.982. The van der Waals surface area contributed by atoms with E-state index in [-0.39, 0.29) is 19.3 Å². The Bertz CT molecular complexity index is 106. The van der Waals surface area contributed by atoms with Crippen LogP contribution in [0.5, 0.6) is 0 Å². The van der Waals surface area contributed by atoms with Crippen LogP contribution in [0.1, 0.15) is 6.42 Å². The maximum Gasteiger partial charge on any atom is 0.170 e. The topological polar surface area (TPSA) is 72.6 Å². The minimum absolute atomic E-state index is 0.157. The molecule has 1 rings (SSSR count). The summed E-state index contributed by atoms with van der Waals surface area (Å²) in [6, 6.07) is 0. The van der Waals surface area contributed by atoms with Gasteiger partial charge < -0.3 is 20.1 Å². The second-order valence-electron chi connectivity index (χ2n) is 2.53. The zero-order chi connectivity index (χ0) is 7.56. The monoisotopic (exact) mass is 149 g/mol. The Morgan fingerprint density at radius 2 is 2.10 bits per heavy atom. The van der Waals surface area contributed by atoms with Crippen molar-refractivity contribution in [1.82, 2.24) is 0 Å². The van der Waals surface area contributed by atoms with Crippen LogP contribution in [-0.2, 0) is 4.74 Å². The second kappa shape index (κ2) is 3.30. The molecule has 3 atom stereocenters. The predicted octanol–water partition coefficient (Wildman–Crippen LogP) is -1.78. The van der Waals surface area contributed by atoms with Crippen molar-refractivity contribution in [3.63, 3.8) is 0 Å². The van der Waals surface area contributed by atoms with Gasteiger partial charge in [-0.25, -0.2) is 0 Å². The molecule has 4 heteroatoms. The van der Waals surface area contributed by atoms with Crippen LogP contribution < -0.4 is 0 Å². The molecule has 0 aliphatic carbocycles. The van der Waals surface area contributed by atoms with Gasteiger partial charge in [0.25, 0.3) is 0 Å². The highest BCUT2D eigenvalue weighted by molar-refractivity contribution is 4.76. The summed E-state index contributed by atoms with van der Waals surface area (Å²) < 4.78 is 5.01. The molecule has 1 saturated heterocycles. The van der Waals surface area contributed by atoms with Crippen LogP contribution in [0.4, 0.5) is 0 Å². The first kappa shape index (κ1) is 7.94. The lowest BCUT2D eigenvalue weighted by Gasteiger charge is -2.27. The van der Waals surface area contributed by atoms with Crippen molar-refractivity contribution in [2.45, 2.75) is 24.7 Å². The molecule has 4 N–H and O–H groups in total. The van der Waals surface area contributed by atoms with Gasteiger partial charge in [-0.1, -0.05) is 0 Å². The molecule has 1 heterocycles. The molecule has 1 aliphatic heterocycles. The largest absolute Gasteiger partial charge is 0.444 e. The molecule has 0 radical (unpaired) electrons. The molecule has 0 bridgehead atoms. The summed E-state index contributed by atoms with van der Waals surface area (Å²) in [6.45, 7) is 0.314. The summed E-state index contributed by atoms with van der Waals surface area (Å²) >= 11 is 0. The molecule has 0 aromatic heterocycles. The van der Waals surface area contributed by atoms with Gasteiger partial charge in [-0.05, 0) is 0 Å². The molecule has 0 amide bonds. The Labute approximate surface area is 59.1 Å².